The maximum atomic E-state index is 13.8. The average molecular weight is 330 g/mol. The topological polar surface area (TPSA) is 23.6 Å². The van der Waals surface area contributed by atoms with Gasteiger partial charge in [0, 0.05) is 43.9 Å². The SMILES string of the molecule is Cc1cccc(C(=O)N2CCN(Cc3cccc(F)c3F)CC2)c1. The first-order valence-electron chi connectivity index (χ1n) is 8.06. The molecule has 1 fully saturated rings. The molecule has 5 heteroatoms. The normalized spacial score (nSPS) is 15.5. The van der Waals surface area contributed by atoms with Crippen LogP contribution >= 0.6 is 0 Å². The maximum Gasteiger partial charge on any atom is 0.253 e. The van der Waals surface area contributed by atoms with Crippen LogP contribution in [0.5, 0.6) is 0 Å². The number of nitrogens with zero attached hydrogens (tertiary/aromatic N) is 2. The van der Waals surface area contributed by atoms with Crippen LogP contribution in [0.4, 0.5) is 8.78 Å². The van der Waals surface area contributed by atoms with E-state index < -0.39 is 11.6 Å². The van der Waals surface area contributed by atoms with Gasteiger partial charge in [-0.2, -0.15) is 0 Å². The number of hydrogen-bond donors (Lipinski definition) is 0. The third-order valence-corrected chi connectivity index (χ3v) is 4.35. The molecule has 1 heterocycles. The van der Waals surface area contributed by atoms with E-state index in [9.17, 15) is 13.6 Å². The van der Waals surface area contributed by atoms with Gasteiger partial charge in [0.2, 0.25) is 0 Å². The molecule has 1 aliphatic heterocycles. The van der Waals surface area contributed by atoms with Gasteiger partial charge in [0.15, 0.2) is 11.6 Å². The molecule has 3 rings (SSSR count). The Kier molecular flexibility index (Phi) is 4.90. The highest BCUT2D eigenvalue weighted by atomic mass is 19.2. The van der Waals surface area contributed by atoms with Gasteiger partial charge >= 0.3 is 0 Å². The van der Waals surface area contributed by atoms with E-state index in [1.165, 1.54) is 6.07 Å². The largest absolute Gasteiger partial charge is 0.336 e. The Balaban J connectivity index is 1.59. The fraction of sp³-hybridized carbons (Fsp3) is 0.316. The van der Waals surface area contributed by atoms with Gasteiger partial charge in [0.05, 0.1) is 0 Å². The molecule has 3 nitrogen and oxygen atoms in total. The van der Waals surface area contributed by atoms with E-state index in [0.717, 1.165) is 11.6 Å². The minimum atomic E-state index is -0.819. The van der Waals surface area contributed by atoms with E-state index in [-0.39, 0.29) is 5.91 Å². The monoisotopic (exact) mass is 330 g/mol. The van der Waals surface area contributed by atoms with Crippen molar-refractivity contribution in [1.29, 1.82) is 0 Å². The number of hydrogen-bond acceptors (Lipinski definition) is 2. The molecule has 0 aromatic heterocycles. The molecule has 2 aromatic carbocycles. The van der Waals surface area contributed by atoms with Crippen molar-refractivity contribution in [3.8, 4) is 0 Å². The van der Waals surface area contributed by atoms with E-state index in [1.54, 1.807) is 6.07 Å². The summed E-state index contributed by atoms with van der Waals surface area (Å²) >= 11 is 0. The number of piperazine rings is 1. The van der Waals surface area contributed by atoms with Crippen molar-refractivity contribution in [1.82, 2.24) is 9.80 Å². The summed E-state index contributed by atoms with van der Waals surface area (Å²) in [7, 11) is 0. The molecular formula is C19H20F2N2O. The smallest absolute Gasteiger partial charge is 0.253 e. The predicted octanol–water partition coefficient (Wildman–Crippen LogP) is 3.23. The first kappa shape index (κ1) is 16.6. The highest BCUT2D eigenvalue weighted by molar-refractivity contribution is 5.94. The van der Waals surface area contributed by atoms with Crippen LogP contribution in [-0.2, 0) is 6.54 Å². The van der Waals surface area contributed by atoms with Crippen LogP contribution in [0.15, 0.2) is 42.5 Å². The number of amides is 1. The molecule has 2 aromatic rings. The Morgan fingerprint density at radius 2 is 1.75 bits per heavy atom. The lowest BCUT2D eigenvalue weighted by atomic mass is 10.1. The molecule has 0 bridgehead atoms. The third kappa shape index (κ3) is 3.62. The lowest BCUT2D eigenvalue weighted by Gasteiger charge is -2.34. The highest BCUT2D eigenvalue weighted by Gasteiger charge is 2.23. The quantitative estimate of drug-likeness (QED) is 0.863. The lowest BCUT2D eigenvalue weighted by Crippen LogP contribution is -2.48. The maximum absolute atomic E-state index is 13.8. The molecule has 1 aliphatic rings. The van der Waals surface area contributed by atoms with Gasteiger partial charge in [-0.3, -0.25) is 9.69 Å². The zero-order valence-corrected chi connectivity index (χ0v) is 13.6. The number of halogens is 2. The minimum Gasteiger partial charge on any atom is -0.336 e. The second-order valence-electron chi connectivity index (χ2n) is 6.15. The van der Waals surface area contributed by atoms with E-state index in [0.29, 0.717) is 43.9 Å². The van der Waals surface area contributed by atoms with Crippen molar-refractivity contribution in [3.05, 3.63) is 70.8 Å². The Bertz CT molecular complexity index is 740. The second-order valence-corrected chi connectivity index (χ2v) is 6.15. The van der Waals surface area contributed by atoms with Crippen LogP contribution < -0.4 is 0 Å². The van der Waals surface area contributed by atoms with Crippen LogP contribution in [0.1, 0.15) is 21.5 Å². The van der Waals surface area contributed by atoms with Gasteiger partial charge < -0.3 is 4.90 Å². The van der Waals surface area contributed by atoms with Gasteiger partial charge in [0.25, 0.3) is 5.91 Å². The van der Waals surface area contributed by atoms with Crippen molar-refractivity contribution in [2.45, 2.75) is 13.5 Å². The number of rotatable bonds is 3. The van der Waals surface area contributed by atoms with Crippen molar-refractivity contribution < 1.29 is 13.6 Å². The van der Waals surface area contributed by atoms with Gasteiger partial charge in [-0.25, -0.2) is 8.78 Å². The highest BCUT2D eigenvalue weighted by Crippen LogP contribution is 2.16. The number of benzene rings is 2. The van der Waals surface area contributed by atoms with Gasteiger partial charge in [-0.1, -0.05) is 29.8 Å². The van der Waals surface area contributed by atoms with Crippen LogP contribution in [-0.4, -0.2) is 41.9 Å². The molecule has 0 unspecified atom stereocenters. The summed E-state index contributed by atoms with van der Waals surface area (Å²) in [6, 6.07) is 11.8. The molecule has 24 heavy (non-hydrogen) atoms. The van der Waals surface area contributed by atoms with Gasteiger partial charge in [-0.05, 0) is 25.1 Å². The summed E-state index contributed by atoms with van der Waals surface area (Å²) in [5.41, 5.74) is 2.11. The second kappa shape index (κ2) is 7.09. The average Bonchev–Trinajstić information content (AvgIpc) is 2.59. The van der Waals surface area contributed by atoms with E-state index in [4.69, 9.17) is 0 Å². The van der Waals surface area contributed by atoms with Crippen LogP contribution in [0.25, 0.3) is 0 Å². The van der Waals surface area contributed by atoms with Crippen molar-refractivity contribution in [3.63, 3.8) is 0 Å². The summed E-state index contributed by atoms with van der Waals surface area (Å²) in [5, 5.41) is 0. The Morgan fingerprint density at radius 1 is 1.04 bits per heavy atom. The van der Waals surface area contributed by atoms with Crippen LogP contribution in [0.2, 0.25) is 0 Å². The van der Waals surface area contributed by atoms with E-state index in [2.05, 4.69) is 0 Å². The van der Waals surface area contributed by atoms with Crippen molar-refractivity contribution in [2.24, 2.45) is 0 Å². The first-order chi connectivity index (χ1) is 11.5. The molecule has 0 atom stereocenters. The molecule has 0 aliphatic carbocycles. The fourth-order valence-corrected chi connectivity index (χ4v) is 2.98. The predicted molar refractivity (Wildman–Crippen MR) is 88.7 cm³/mol. The molecule has 0 spiro atoms. The summed E-state index contributed by atoms with van der Waals surface area (Å²) in [6.45, 7) is 4.78. The summed E-state index contributed by atoms with van der Waals surface area (Å²) < 4.78 is 27.0. The Labute approximate surface area is 140 Å². The number of aryl methyl sites for hydroxylation is 1. The van der Waals surface area contributed by atoms with E-state index in [1.807, 2.05) is 41.0 Å². The molecular weight excluding hydrogens is 310 g/mol. The van der Waals surface area contributed by atoms with Crippen molar-refractivity contribution >= 4 is 5.91 Å². The van der Waals surface area contributed by atoms with Gasteiger partial charge in [0.1, 0.15) is 0 Å². The fourth-order valence-electron chi connectivity index (χ4n) is 2.98. The first-order valence-corrected chi connectivity index (χ1v) is 8.06. The lowest BCUT2D eigenvalue weighted by molar-refractivity contribution is 0.0626. The van der Waals surface area contributed by atoms with Crippen LogP contribution in [0, 0.1) is 18.6 Å². The van der Waals surface area contributed by atoms with Gasteiger partial charge in [-0.15, -0.1) is 0 Å². The number of carbonyl (C=O) groups is 1. The molecule has 0 N–H and O–H groups in total. The van der Waals surface area contributed by atoms with E-state index >= 15 is 0 Å². The zero-order chi connectivity index (χ0) is 17.1. The summed E-state index contributed by atoms with van der Waals surface area (Å²) in [6.07, 6.45) is 0. The van der Waals surface area contributed by atoms with Crippen LogP contribution in [0.3, 0.4) is 0 Å². The molecule has 1 saturated heterocycles. The molecule has 0 saturated carbocycles. The minimum absolute atomic E-state index is 0.0234. The third-order valence-electron chi connectivity index (χ3n) is 4.35. The summed E-state index contributed by atoms with van der Waals surface area (Å²) in [4.78, 5) is 16.4. The molecule has 0 radical (unpaired) electrons. The Hall–Kier alpha value is -2.27. The number of carbonyl (C=O) groups excluding carboxylic acids is 1. The summed E-state index contributed by atoms with van der Waals surface area (Å²) in [5.74, 6) is -1.58. The molecule has 1 amide bonds. The zero-order valence-electron chi connectivity index (χ0n) is 13.6. The molecule has 126 valence electrons. The Morgan fingerprint density at radius 3 is 2.46 bits per heavy atom. The van der Waals surface area contributed by atoms with Crippen molar-refractivity contribution in [2.75, 3.05) is 26.2 Å². The standard InChI is InChI=1S/C19H20F2N2O/c1-14-4-2-5-15(12-14)19(24)23-10-8-22(9-11-23)13-16-6-3-7-17(20)18(16)21/h2-7,12H,8-11,13H2,1H3.